The van der Waals surface area contributed by atoms with Crippen LogP contribution in [-0.4, -0.2) is 38.5 Å². The Morgan fingerprint density at radius 2 is 1.89 bits per heavy atom. The summed E-state index contributed by atoms with van der Waals surface area (Å²) in [6, 6.07) is 11.9. The van der Waals surface area contributed by atoms with Gasteiger partial charge in [0.1, 0.15) is 16.2 Å². The first kappa shape index (κ1) is 21.0. The highest BCUT2D eigenvalue weighted by Crippen LogP contribution is 2.30. The van der Waals surface area contributed by atoms with Crippen molar-refractivity contribution < 1.29 is 4.79 Å². The molecule has 0 spiro atoms. The van der Waals surface area contributed by atoms with Crippen LogP contribution in [0.4, 0.5) is 5.82 Å². The number of thioether (sulfide) groups is 1. The number of thiocarbonyl (C=S) groups is 1. The van der Waals surface area contributed by atoms with Crippen LogP contribution in [0, 0.1) is 25.2 Å². The number of carbonyl (C=O) groups excluding carboxylic acids is 1. The fraction of sp³-hybridized carbons (Fsp3) is 0.350. The van der Waals surface area contributed by atoms with E-state index in [0.29, 0.717) is 15.7 Å². The van der Waals surface area contributed by atoms with E-state index < -0.39 is 0 Å². The van der Waals surface area contributed by atoms with Gasteiger partial charge in [-0.25, -0.2) is 0 Å². The van der Waals surface area contributed by atoms with E-state index in [0.717, 1.165) is 30.0 Å². The van der Waals surface area contributed by atoms with Gasteiger partial charge < -0.3 is 10.2 Å². The molecule has 2 aromatic rings. The van der Waals surface area contributed by atoms with Gasteiger partial charge in [-0.05, 0) is 45.4 Å². The van der Waals surface area contributed by atoms with Gasteiger partial charge in [-0.2, -0.15) is 5.26 Å². The normalized spacial score (nSPS) is 10.3. The molecule has 27 heavy (non-hydrogen) atoms. The van der Waals surface area contributed by atoms with E-state index in [1.54, 1.807) is 0 Å². The number of aromatic nitrogens is 1. The summed E-state index contributed by atoms with van der Waals surface area (Å²) in [6.07, 6.45) is 0. The Kier molecular flexibility index (Phi) is 7.45. The summed E-state index contributed by atoms with van der Waals surface area (Å²) in [5.74, 6) is 0.539. The summed E-state index contributed by atoms with van der Waals surface area (Å²) in [7, 11) is 0. The maximum Gasteiger partial charge on any atom is 0.235 e. The molecule has 1 aromatic carbocycles. The largest absolute Gasteiger partial charge is 0.358 e. The van der Waals surface area contributed by atoms with Crippen LogP contribution in [0.3, 0.4) is 0 Å². The molecule has 1 amide bonds. The van der Waals surface area contributed by atoms with E-state index >= 15 is 0 Å². The van der Waals surface area contributed by atoms with Crippen molar-refractivity contribution in [1.82, 2.24) is 9.47 Å². The van der Waals surface area contributed by atoms with Crippen molar-refractivity contribution >= 4 is 40.0 Å². The van der Waals surface area contributed by atoms with Crippen molar-refractivity contribution in [2.24, 2.45) is 0 Å². The van der Waals surface area contributed by atoms with Gasteiger partial charge in [0.2, 0.25) is 5.91 Å². The van der Waals surface area contributed by atoms with Gasteiger partial charge in [-0.1, -0.05) is 42.2 Å². The van der Waals surface area contributed by atoms with Crippen molar-refractivity contribution in [3.8, 4) is 11.8 Å². The van der Waals surface area contributed by atoms with Crippen molar-refractivity contribution in [3.05, 3.63) is 47.2 Å². The Balaban J connectivity index is 2.26. The molecule has 0 saturated heterocycles. The maximum atomic E-state index is 12.6. The van der Waals surface area contributed by atoms with E-state index in [2.05, 4.69) is 11.4 Å². The van der Waals surface area contributed by atoms with E-state index in [4.69, 9.17) is 12.2 Å². The lowest BCUT2D eigenvalue weighted by molar-refractivity contribution is -0.113. The lowest BCUT2D eigenvalue weighted by atomic mass is 10.2. The predicted molar refractivity (Wildman–Crippen MR) is 117 cm³/mol. The third-order valence-corrected chi connectivity index (χ3v) is 5.97. The fourth-order valence-electron chi connectivity index (χ4n) is 2.83. The van der Waals surface area contributed by atoms with Gasteiger partial charge in [0.25, 0.3) is 0 Å². The first-order valence-electron chi connectivity index (χ1n) is 8.83. The Hall–Kier alpha value is -2.30. The summed E-state index contributed by atoms with van der Waals surface area (Å²) in [4.78, 5) is 14.6. The van der Waals surface area contributed by atoms with Crippen LogP contribution in [0.1, 0.15) is 30.7 Å². The van der Waals surface area contributed by atoms with Crippen LogP contribution >= 0.6 is 24.0 Å². The minimum absolute atomic E-state index is 0.180. The van der Waals surface area contributed by atoms with E-state index in [-0.39, 0.29) is 11.7 Å². The van der Waals surface area contributed by atoms with Crippen molar-refractivity contribution in [2.75, 3.05) is 24.2 Å². The van der Waals surface area contributed by atoms with Crippen LogP contribution in [0.2, 0.25) is 0 Å². The fourth-order valence-corrected chi connectivity index (χ4v) is 4.03. The summed E-state index contributed by atoms with van der Waals surface area (Å²) in [5.41, 5.74) is 3.18. The third kappa shape index (κ3) is 4.71. The Labute approximate surface area is 170 Å². The Morgan fingerprint density at radius 3 is 2.44 bits per heavy atom. The SMILES string of the molecule is CCN(CC)C(=S)SCC(=O)Nc1c(C#N)c(C)c(C)n1-c1ccccc1. The molecule has 0 atom stereocenters. The molecule has 1 N–H and O–H groups in total. The minimum atomic E-state index is -0.180. The molecule has 5 nitrogen and oxygen atoms in total. The lowest BCUT2D eigenvalue weighted by Gasteiger charge is -2.20. The molecule has 7 heteroatoms. The smallest absolute Gasteiger partial charge is 0.235 e. The molecule has 2 rings (SSSR count). The topological polar surface area (TPSA) is 61.1 Å². The molecule has 0 aliphatic heterocycles. The highest BCUT2D eigenvalue weighted by atomic mass is 32.2. The predicted octanol–water partition coefficient (Wildman–Crippen LogP) is 4.26. The van der Waals surface area contributed by atoms with Gasteiger partial charge in [-0.15, -0.1) is 0 Å². The van der Waals surface area contributed by atoms with Crippen LogP contribution in [0.25, 0.3) is 5.69 Å². The number of para-hydroxylation sites is 1. The highest BCUT2D eigenvalue weighted by Gasteiger charge is 2.21. The van der Waals surface area contributed by atoms with Gasteiger partial charge in [0, 0.05) is 24.5 Å². The number of hydrogen-bond acceptors (Lipinski definition) is 4. The zero-order chi connectivity index (χ0) is 20.0. The first-order chi connectivity index (χ1) is 12.9. The molecular weight excluding hydrogens is 376 g/mol. The molecule has 0 unspecified atom stereocenters. The van der Waals surface area contributed by atoms with E-state index in [1.807, 2.05) is 67.5 Å². The number of amides is 1. The van der Waals surface area contributed by atoms with Crippen LogP contribution in [0.5, 0.6) is 0 Å². The van der Waals surface area contributed by atoms with E-state index in [1.165, 1.54) is 11.8 Å². The molecule has 142 valence electrons. The molecule has 0 bridgehead atoms. The van der Waals surface area contributed by atoms with Crippen molar-refractivity contribution in [2.45, 2.75) is 27.7 Å². The quantitative estimate of drug-likeness (QED) is 0.734. The number of benzene rings is 1. The van der Waals surface area contributed by atoms with Crippen molar-refractivity contribution in [3.63, 3.8) is 0 Å². The van der Waals surface area contributed by atoms with Gasteiger partial charge in [0.05, 0.1) is 11.3 Å². The first-order valence-corrected chi connectivity index (χ1v) is 10.2. The zero-order valence-corrected chi connectivity index (χ0v) is 17.7. The molecule has 0 aliphatic carbocycles. The second-order valence-corrected chi connectivity index (χ2v) is 7.60. The Morgan fingerprint density at radius 1 is 1.26 bits per heavy atom. The maximum absolute atomic E-state index is 12.6. The molecule has 0 saturated carbocycles. The third-order valence-electron chi connectivity index (χ3n) is 4.45. The molecule has 0 radical (unpaired) electrons. The van der Waals surface area contributed by atoms with E-state index in [9.17, 15) is 10.1 Å². The molecule has 1 aromatic heterocycles. The van der Waals surface area contributed by atoms with Crippen molar-refractivity contribution in [1.29, 1.82) is 5.26 Å². The number of nitriles is 1. The standard InChI is InChI=1S/C20H24N4OS2/c1-5-23(6-2)20(26)27-13-18(25)22-19-17(12-21)14(3)15(4)24(19)16-10-8-7-9-11-16/h7-11H,5-6,13H2,1-4H3,(H,22,25). The highest BCUT2D eigenvalue weighted by molar-refractivity contribution is 8.23. The summed E-state index contributed by atoms with van der Waals surface area (Å²) in [6.45, 7) is 9.55. The molecule has 1 heterocycles. The summed E-state index contributed by atoms with van der Waals surface area (Å²) >= 11 is 6.72. The summed E-state index contributed by atoms with van der Waals surface area (Å²) < 4.78 is 2.63. The van der Waals surface area contributed by atoms with Gasteiger partial charge in [-0.3, -0.25) is 9.36 Å². The average Bonchev–Trinajstić information content (AvgIpc) is 2.91. The number of rotatable bonds is 6. The molecular formula is C20H24N4OS2. The average molecular weight is 401 g/mol. The Bertz CT molecular complexity index is 864. The number of nitrogens with zero attached hydrogens (tertiary/aromatic N) is 3. The van der Waals surface area contributed by atoms with Crippen LogP contribution in [-0.2, 0) is 4.79 Å². The second-order valence-electron chi connectivity index (χ2n) is 5.99. The number of carbonyl (C=O) groups is 1. The number of nitrogens with one attached hydrogen (secondary N) is 1. The zero-order valence-electron chi connectivity index (χ0n) is 16.1. The molecule has 0 fully saturated rings. The monoisotopic (exact) mass is 400 g/mol. The molecule has 0 aliphatic rings. The lowest BCUT2D eigenvalue weighted by Crippen LogP contribution is -2.28. The number of anilines is 1. The summed E-state index contributed by atoms with van der Waals surface area (Å²) in [5, 5.41) is 12.5. The van der Waals surface area contributed by atoms with Crippen LogP contribution < -0.4 is 5.32 Å². The number of hydrogen-bond donors (Lipinski definition) is 1. The minimum Gasteiger partial charge on any atom is -0.358 e. The van der Waals surface area contributed by atoms with Gasteiger partial charge in [0.15, 0.2) is 0 Å². The van der Waals surface area contributed by atoms with Gasteiger partial charge >= 0.3 is 0 Å². The van der Waals surface area contributed by atoms with Crippen LogP contribution in [0.15, 0.2) is 30.3 Å². The second kappa shape index (κ2) is 9.58.